The van der Waals surface area contributed by atoms with Crippen molar-refractivity contribution < 1.29 is 14.7 Å². The van der Waals surface area contributed by atoms with E-state index < -0.39 is 17.6 Å². The van der Waals surface area contributed by atoms with Crippen molar-refractivity contribution in [1.82, 2.24) is 5.32 Å². The van der Waals surface area contributed by atoms with Crippen molar-refractivity contribution in [3.63, 3.8) is 0 Å². The van der Waals surface area contributed by atoms with Gasteiger partial charge in [-0.05, 0) is 32.1 Å². The molecular formula is C13H22N2O3. The lowest BCUT2D eigenvalue weighted by molar-refractivity contribution is -0.136. The summed E-state index contributed by atoms with van der Waals surface area (Å²) in [6.07, 6.45) is 5.81. The number of primary amides is 1. The van der Waals surface area contributed by atoms with Crippen molar-refractivity contribution in [2.24, 2.45) is 11.7 Å². The highest BCUT2D eigenvalue weighted by atomic mass is 16.3. The summed E-state index contributed by atoms with van der Waals surface area (Å²) in [5, 5.41) is 12.6. The molecule has 0 aliphatic heterocycles. The topological polar surface area (TPSA) is 92.4 Å². The van der Waals surface area contributed by atoms with Crippen LogP contribution in [0, 0.1) is 5.92 Å². The summed E-state index contributed by atoms with van der Waals surface area (Å²) in [7, 11) is 0. The van der Waals surface area contributed by atoms with Crippen molar-refractivity contribution in [1.29, 1.82) is 0 Å². The van der Waals surface area contributed by atoms with Crippen LogP contribution in [0.15, 0.2) is 0 Å². The monoisotopic (exact) mass is 254 g/mol. The summed E-state index contributed by atoms with van der Waals surface area (Å²) in [5.74, 6) is -1.02. The van der Waals surface area contributed by atoms with Gasteiger partial charge in [-0.2, -0.15) is 0 Å². The summed E-state index contributed by atoms with van der Waals surface area (Å²) in [4.78, 5) is 23.8. The van der Waals surface area contributed by atoms with Gasteiger partial charge in [-0.1, -0.05) is 19.3 Å². The van der Waals surface area contributed by atoms with Crippen LogP contribution in [-0.4, -0.2) is 28.6 Å². The smallest absolute Gasteiger partial charge is 0.243 e. The molecule has 2 unspecified atom stereocenters. The molecule has 0 spiro atoms. The number of aliphatic hydroxyl groups excluding tert-OH is 1. The molecule has 0 heterocycles. The maximum absolute atomic E-state index is 12.2. The number of hydrogen-bond donors (Lipinski definition) is 3. The molecule has 0 radical (unpaired) electrons. The number of carbonyl (C=O) groups excluding carboxylic acids is 2. The SMILES string of the molecule is NC(=O)C1(NC(=O)C2CCCC2O)CCCCC1. The van der Waals surface area contributed by atoms with Gasteiger partial charge in [-0.15, -0.1) is 0 Å². The number of aliphatic hydroxyl groups is 1. The fraction of sp³-hybridized carbons (Fsp3) is 0.846. The van der Waals surface area contributed by atoms with E-state index in [1.807, 2.05) is 0 Å². The molecule has 0 bridgehead atoms. The Labute approximate surface area is 107 Å². The quantitative estimate of drug-likeness (QED) is 0.682. The molecule has 4 N–H and O–H groups in total. The van der Waals surface area contributed by atoms with Crippen LogP contribution in [0.4, 0.5) is 0 Å². The zero-order chi connectivity index (χ0) is 13.2. The minimum Gasteiger partial charge on any atom is -0.392 e. The Morgan fingerprint density at radius 2 is 1.78 bits per heavy atom. The predicted molar refractivity (Wildman–Crippen MR) is 66.5 cm³/mol. The number of nitrogens with two attached hydrogens (primary N) is 1. The minimum absolute atomic E-state index is 0.208. The van der Waals surface area contributed by atoms with Crippen molar-refractivity contribution >= 4 is 11.8 Å². The fourth-order valence-electron chi connectivity index (χ4n) is 3.16. The van der Waals surface area contributed by atoms with E-state index in [4.69, 9.17) is 5.73 Å². The van der Waals surface area contributed by atoms with Crippen LogP contribution in [0.3, 0.4) is 0 Å². The van der Waals surface area contributed by atoms with Crippen LogP contribution >= 0.6 is 0 Å². The maximum Gasteiger partial charge on any atom is 0.243 e. The number of amides is 2. The van der Waals surface area contributed by atoms with Gasteiger partial charge in [0.15, 0.2) is 0 Å². The van der Waals surface area contributed by atoms with Crippen molar-refractivity contribution in [3.05, 3.63) is 0 Å². The molecule has 2 aliphatic carbocycles. The molecule has 2 fully saturated rings. The first-order valence-corrected chi connectivity index (χ1v) is 6.85. The van der Waals surface area contributed by atoms with Gasteiger partial charge in [0.1, 0.15) is 5.54 Å². The van der Waals surface area contributed by atoms with Gasteiger partial charge in [-0.3, -0.25) is 9.59 Å². The zero-order valence-electron chi connectivity index (χ0n) is 10.7. The van der Waals surface area contributed by atoms with E-state index in [1.54, 1.807) is 0 Å². The van der Waals surface area contributed by atoms with Crippen LogP contribution in [0.2, 0.25) is 0 Å². The largest absolute Gasteiger partial charge is 0.392 e. The molecule has 0 saturated heterocycles. The summed E-state index contributed by atoms with van der Waals surface area (Å²) in [6, 6.07) is 0. The molecule has 0 aromatic carbocycles. The van der Waals surface area contributed by atoms with Gasteiger partial charge in [0.2, 0.25) is 11.8 Å². The second-order valence-electron chi connectivity index (χ2n) is 5.60. The Morgan fingerprint density at radius 1 is 1.11 bits per heavy atom. The molecule has 2 saturated carbocycles. The second-order valence-corrected chi connectivity index (χ2v) is 5.60. The summed E-state index contributed by atoms with van der Waals surface area (Å²) in [5.41, 5.74) is 4.59. The van der Waals surface area contributed by atoms with E-state index in [9.17, 15) is 14.7 Å². The molecule has 2 atom stereocenters. The highest BCUT2D eigenvalue weighted by Gasteiger charge is 2.42. The molecule has 5 heteroatoms. The molecule has 5 nitrogen and oxygen atoms in total. The van der Waals surface area contributed by atoms with Gasteiger partial charge >= 0.3 is 0 Å². The molecule has 2 rings (SSSR count). The summed E-state index contributed by atoms with van der Waals surface area (Å²) in [6.45, 7) is 0. The molecule has 2 amide bonds. The Hall–Kier alpha value is -1.10. The first kappa shape index (κ1) is 13.3. The first-order valence-electron chi connectivity index (χ1n) is 6.85. The third-order valence-electron chi connectivity index (χ3n) is 4.36. The summed E-state index contributed by atoms with van der Waals surface area (Å²) < 4.78 is 0. The van der Waals surface area contributed by atoms with E-state index in [-0.39, 0.29) is 11.8 Å². The van der Waals surface area contributed by atoms with E-state index in [0.29, 0.717) is 25.7 Å². The number of rotatable bonds is 3. The Balaban J connectivity index is 2.04. The van der Waals surface area contributed by atoms with Gasteiger partial charge < -0.3 is 16.2 Å². The van der Waals surface area contributed by atoms with Crippen molar-refractivity contribution in [2.45, 2.75) is 63.0 Å². The lowest BCUT2D eigenvalue weighted by Gasteiger charge is -2.36. The number of hydrogen-bond acceptors (Lipinski definition) is 3. The maximum atomic E-state index is 12.2. The van der Waals surface area contributed by atoms with Gasteiger partial charge in [0.05, 0.1) is 12.0 Å². The normalized spacial score (nSPS) is 30.9. The van der Waals surface area contributed by atoms with E-state index in [2.05, 4.69) is 5.32 Å². The van der Waals surface area contributed by atoms with Crippen LogP contribution in [-0.2, 0) is 9.59 Å². The summed E-state index contributed by atoms with van der Waals surface area (Å²) >= 11 is 0. The van der Waals surface area contributed by atoms with E-state index >= 15 is 0 Å². The van der Waals surface area contributed by atoms with E-state index in [1.165, 1.54) is 0 Å². The number of nitrogens with one attached hydrogen (secondary N) is 1. The first-order chi connectivity index (χ1) is 8.55. The van der Waals surface area contributed by atoms with Gasteiger partial charge in [0.25, 0.3) is 0 Å². The van der Waals surface area contributed by atoms with Gasteiger partial charge in [0, 0.05) is 0 Å². The van der Waals surface area contributed by atoms with Crippen LogP contribution < -0.4 is 11.1 Å². The molecule has 18 heavy (non-hydrogen) atoms. The lowest BCUT2D eigenvalue weighted by atomic mass is 9.80. The zero-order valence-corrected chi connectivity index (χ0v) is 10.7. The van der Waals surface area contributed by atoms with Gasteiger partial charge in [-0.25, -0.2) is 0 Å². The molecular weight excluding hydrogens is 232 g/mol. The minimum atomic E-state index is -0.877. The molecule has 2 aliphatic rings. The fourth-order valence-corrected chi connectivity index (χ4v) is 3.16. The Morgan fingerprint density at radius 3 is 2.28 bits per heavy atom. The lowest BCUT2D eigenvalue weighted by Crippen LogP contribution is -2.60. The third kappa shape index (κ3) is 2.51. The average molecular weight is 254 g/mol. The predicted octanol–water partition coefficient (Wildman–Crippen LogP) is 0.452. The Bertz CT molecular complexity index is 337. The van der Waals surface area contributed by atoms with Crippen LogP contribution in [0.5, 0.6) is 0 Å². The molecule has 102 valence electrons. The number of carbonyl (C=O) groups is 2. The van der Waals surface area contributed by atoms with Crippen LogP contribution in [0.1, 0.15) is 51.4 Å². The van der Waals surface area contributed by atoms with Crippen molar-refractivity contribution in [2.75, 3.05) is 0 Å². The van der Waals surface area contributed by atoms with E-state index in [0.717, 1.165) is 25.7 Å². The Kier molecular flexibility index (Phi) is 3.90. The standard InChI is InChI=1S/C13H22N2O3/c14-12(18)13(7-2-1-3-8-13)15-11(17)9-5-4-6-10(9)16/h9-10,16H,1-8H2,(H2,14,18)(H,15,17). The molecule has 0 aromatic rings. The highest BCUT2D eigenvalue weighted by molar-refractivity contribution is 5.91. The second kappa shape index (κ2) is 5.26. The van der Waals surface area contributed by atoms with Crippen LogP contribution in [0.25, 0.3) is 0 Å². The van der Waals surface area contributed by atoms with Crippen molar-refractivity contribution in [3.8, 4) is 0 Å². The third-order valence-corrected chi connectivity index (χ3v) is 4.36. The average Bonchev–Trinajstić information content (AvgIpc) is 2.76. The highest BCUT2D eigenvalue weighted by Crippen LogP contribution is 2.31. The molecule has 0 aromatic heterocycles.